The van der Waals surface area contributed by atoms with Crippen LogP contribution in [0.2, 0.25) is 0 Å². The summed E-state index contributed by atoms with van der Waals surface area (Å²) >= 11 is 0. The first kappa shape index (κ1) is 22.5. The summed E-state index contributed by atoms with van der Waals surface area (Å²) in [6.07, 6.45) is 4.47. The van der Waals surface area contributed by atoms with E-state index in [9.17, 15) is 13.2 Å². The largest absolute Gasteiger partial charge is 0.345 e. The molecular weight excluding hydrogens is 396 g/mol. The van der Waals surface area contributed by atoms with Crippen molar-refractivity contribution in [2.75, 3.05) is 19.3 Å². The number of carbonyl (C=O) groups is 1. The average Bonchev–Trinajstić information content (AvgIpc) is 2.72. The van der Waals surface area contributed by atoms with Gasteiger partial charge in [0, 0.05) is 24.9 Å². The molecule has 0 aliphatic carbocycles. The molecule has 30 heavy (non-hydrogen) atoms. The Morgan fingerprint density at radius 3 is 2.37 bits per heavy atom. The van der Waals surface area contributed by atoms with Crippen molar-refractivity contribution >= 4 is 15.7 Å². The average molecular weight is 429 g/mol. The molecule has 0 bridgehead atoms. The second-order valence-corrected chi connectivity index (χ2v) is 10.5. The Morgan fingerprint density at radius 2 is 1.80 bits per heavy atom. The Hall–Kier alpha value is -2.18. The van der Waals surface area contributed by atoms with E-state index in [1.54, 1.807) is 24.3 Å². The fourth-order valence-electron chi connectivity index (χ4n) is 4.06. The molecule has 2 aromatic carbocycles. The first-order valence-corrected chi connectivity index (χ1v) is 12.6. The van der Waals surface area contributed by atoms with Crippen LogP contribution in [0.3, 0.4) is 0 Å². The van der Waals surface area contributed by atoms with Gasteiger partial charge in [0.15, 0.2) is 9.84 Å². The fraction of sp³-hybridized carbons (Fsp3) is 0.458. The summed E-state index contributed by atoms with van der Waals surface area (Å²) in [6, 6.07) is 14.4. The van der Waals surface area contributed by atoms with Crippen LogP contribution < -0.4 is 5.32 Å². The molecule has 2 unspecified atom stereocenters. The van der Waals surface area contributed by atoms with Crippen LogP contribution in [0.15, 0.2) is 53.4 Å². The molecule has 6 heteroatoms. The number of hydrogen-bond donors (Lipinski definition) is 1. The van der Waals surface area contributed by atoms with Gasteiger partial charge in [-0.25, -0.2) is 8.42 Å². The standard InChI is InChI=1S/C24H32N2O3S/c1-4-23(20-11-13-22(14-12-20)30(3,28)29)25-24(27)21-9-7-19(8-10-21)17-26-15-5-6-18(2)16-26/h7-14,18,23H,4-6,15-17H2,1-3H3,(H,25,27). The van der Waals surface area contributed by atoms with E-state index in [1.165, 1.54) is 24.7 Å². The molecule has 2 aromatic rings. The van der Waals surface area contributed by atoms with Crippen molar-refractivity contribution in [2.45, 2.75) is 50.6 Å². The third kappa shape index (κ3) is 5.92. The minimum absolute atomic E-state index is 0.118. The van der Waals surface area contributed by atoms with Gasteiger partial charge in [-0.15, -0.1) is 0 Å². The van der Waals surface area contributed by atoms with Gasteiger partial charge in [-0.2, -0.15) is 0 Å². The van der Waals surface area contributed by atoms with Gasteiger partial charge in [0.1, 0.15) is 0 Å². The third-order valence-corrected chi connectivity index (χ3v) is 6.92. The summed E-state index contributed by atoms with van der Waals surface area (Å²) < 4.78 is 23.3. The minimum Gasteiger partial charge on any atom is -0.345 e. The van der Waals surface area contributed by atoms with Crippen LogP contribution in [0, 0.1) is 5.92 Å². The lowest BCUT2D eigenvalue weighted by molar-refractivity contribution is 0.0935. The van der Waals surface area contributed by atoms with Crippen molar-refractivity contribution in [3.05, 3.63) is 65.2 Å². The molecule has 2 atom stereocenters. The summed E-state index contributed by atoms with van der Waals surface area (Å²) in [7, 11) is -3.23. The Bertz CT molecular complexity index is 953. The molecule has 0 aromatic heterocycles. The van der Waals surface area contributed by atoms with Gasteiger partial charge in [0.05, 0.1) is 10.9 Å². The zero-order chi connectivity index (χ0) is 21.7. The van der Waals surface area contributed by atoms with Gasteiger partial charge < -0.3 is 5.32 Å². The number of carbonyl (C=O) groups excluding carboxylic acids is 1. The summed E-state index contributed by atoms with van der Waals surface area (Å²) in [5.41, 5.74) is 2.76. The highest BCUT2D eigenvalue weighted by Gasteiger charge is 2.18. The second kappa shape index (κ2) is 9.75. The number of amides is 1. The lowest BCUT2D eigenvalue weighted by atomic mass is 9.99. The van der Waals surface area contributed by atoms with E-state index in [4.69, 9.17) is 0 Å². The van der Waals surface area contributed by atoms with Crippen molar-refractivity contribution in [3.8, 4) is 0 Å². The fourth-order valence-corrected chi connectivity index (χ4v) is 4.69. The highest BCUT2D eigenvalue weighted by Crippen LogP contribution is 2.21. The van der Waals surface area contributed by atoms with E-state index in [-0.39, 0.29) is 16.8 Å². The lowest BCUT2D eigenvalue weighted by Crippen LogP contribution is -2.33. The summed E-state index contributed by atoms with van der Waals surface area (Å²) in [6.45, 7) is 7.51. The van der Waals surface area contributed by atoms with Crippen molar-refractivity contribution in [3.63, 3.8) is 0 Å². The number of likely N-dealkylation sites (tertiary alicyclic amines) is 1. The lowest BCUT2D eigenvalue weighted by Gasteiger charge is -2.30. The van der Waals surface area contributed by atoms with Crippen LogP contribution in [0.4, 0.5) is 0 Å². The molecule has 162 valence electrons. The first-order valence-electron chi connectivity index (χ1n) is 10.7. The molecule has 1 saturated heterocycles. The summed E-state index contributed by atoms with van der Waals surface area (Å²) in [4.78, 5) is 15.5. The van der Waals surface area contributed by atoms with Crippen molar-refractivity contribution in [1.29, 1.82) is 0 Å². The highest BCUT2D eigenvalue weighted by atomic mass is 32.2. The van der Waals surface area contributed by atoms with Crippen LogP contribution in [0.1, 0.15) is 60.6 Å². The number of sulfone groups is 1. The van der Waals surface area contributed by atoms with E-state index in [0.717, 1.165) is 37.5 Å². The third-order valence-electron chi connectivity index (χ3n) is 5.79. The smallest absolute Gasteiger partial charge is 0.251 e. The van der Waals surface area contributed by atoms with E-state index < -0.39 is 9.84 Å². The maximum Gasteiger partial charge on any atom is 0.251 e. The predicted octanol–water partition coefficient (Wildman–Crippen LogP) is 4.20. The highest BCUT2D eigenvalue weighted by molar-refractivity contribution is 7.90. The van der Waals surface area contributed by atoms with E-state index in [0.29, 0.717) is 5.56 Å². The zero-order valence-electron chi connectivity index (χ0n) is 18.1. The molecule has 1 aliphatic heterocycles. The Balaban J connectivity index is 1.62. The van der Waals surface area contributed by atoms with E-state index >= 15 is 0 Å². The van der Waals surface area contributed by atoms with Gasteiger partial charge in [0.2, 0.25) is 0 Å². The molecule has 1 N–H and O–H groups in total. The number of nitrogens with one attached hydrogen (secondary N) is 1. The molecule has 5 nitrogen and oxygen atoms in total. The molecule has 1 fully saturated rings. The van der Waals surface area contributed by atoms with E-state index in [2.05, 4.69) is 17.1 Å². The normalized spacial score (nSPS) is 18.7. The van der Waals surface area contributed by atoms with Crippen LogP contribution >= 0.6 is 0 Å². The number of nitrogens with zero attached hydrogens (tertiary/aromatic N) is 1. The Labute approximate surface area is 180 Å². The van der Waals surface area contributed by atoms with Gasteiger partial charge in [-0.05, 0) is 67.1 Å². The summed E-state index contributed by atoms with van der Waals surface area (Å²) in [5, 5.41) is 3.07. The quantitative estimate of drug-likeness (QED) is 0.718. The number of rotatable bonds is 7. The topological polar surface area (TPSA) is 66.5 Å². The van der Waals surface area contributed by atoms with Crippen LogP contribution in [0.25, 0.3) is 0 Å². The molecule has 0 spiro atoms. The number of piperidine rings is 1. The maximum atomic E-state index is 12.7. The van der Waals surface area contributed by atoms with Crippen LogP contribution in [-0.2, 0) is 16.4 Å². The first-order chi connectivity index (χ1) is 14.3. The number of benzene rings is 2. The molecule has 0 saturated carbocycles. The van der Waals surface area contributed by atoms with Crippen LogP contribution in [-0.4, -0.2) is 38.6 Å². The monoisotopic (exact) mass is 428 g/mol. The minimum atomic E-state index is -3.23. The van der Waals surface area contributed by atoms with Crippen molar-refractivity contribution in [2.24, 2.45) is 5.92 Å². The van der Waals surface area contributed by atoms with Gasteiger partial charge in [-0.3, -0.25) is 9.69 Å². The Morgan fingerprint density at radius 1 is 1.13 bits per heavy atom. The van der Waals surface area contributed by atoms with Crippen molar-refractivity contribution < 1.29 is 13.2 Å². The SMILES string of the molecule is CCC(NC(=O)c1ccc(CN2CCCC(C)C2)cc1)c1ccc(S(C)(=O)=O)cc1. The maximum absolute atomic E-state index is 12.7. The van der Waals surface area contributed by atoms with E-state index in [1.807, 2.05) is 31.2 Å². The molecule has 1 heterocycles. The van der Waals surface area contributed by atoms with Gasteiger partial charge >= 0.3 is 0 Å². The molecule has 3 rings (SSSR count). The molecular formula is C24H32N2O3S. The molecule has 0 radical (unpaired) electrons. The zero-order valence-corrected chi connectivity index (χ0v) is 18.9. The molecule has 1 amide bonds. The Kier molecular flexibility index (Phi) is 7.32. The van der Waals surface area contributed by atoms with Gasteiger partial charge in [0.25, 0.3) is 5.91 Å². The molecule has 1 aliphatic rings. The summed E-state index contributed by atoms with van der Waals surface area (Å²) in [5.74, 6) is 0.633. The van der Waals surface area contributed by atoms with Crippen molar-refractivity contribution in [1.82, 2.24) is 10.2 Å². The van der Waals surface area contributed by atoms with Crippen LogP contribution in [0.5, 0.6) is 0 Å². The predicted molar refractivity (Wildman–Crippen MR) is 120 cm³/mol. The number of hydrogen-bond acceptors (Lipinski definition) is 4. The van der Waals surface area contributed by atoms with Gasteiger partial charge in [-0.1, -0.05) is 38.1 Å². The second-order valence-electron chi connectivity index (χ2n) is 8.45.